The van der Waals surface area contributed by atoms with Crippen LogP contribution in [0, 0.1) is 5.41 Å². The smallest absolute Gasteiger partial charge is 0.231 e. The molecule has 0 spiro atoms. The topological polar surface area (TPSA) is 80.5 Å². The lowest BCUT2D eigenvalue weighted by Gasteiger charge is -2.48. The molecule has 1 aliphatic carbocycles. The van der Waals surface area contributed by atoms with Crippen molar-refractivity contribution in [3.05, 3.63) is 11.9 Å². The monoisotopic (exact) mass is 294 g/mol. The molecule has 0 radical (unpaired) electrons. The largest absolute Gasteiger partial charge is 0.387 e. The Labute approximate surface area is 123 Å². The van der Waals surface area contributed by atoms with Gasteiger partial charge in [-0.25, -0.2) is 4.68 Å². The molecule has 1 N–H and O–H groups in total. The minimum atomic E-state index is -0.614. The summed E-state index contributed by atoms with van der Waals surface area (Å²) < 4.78 is 6.97. The number of aliphatic hydroxyl groups excluding tert-OH is 1. The van der Waals surface area contributed by atoms with Crippen molar-refractivity contribution in [2.75, 3.05) is 26.8 Å². The average molecular weight is 294 g/mol. The Hall–Kier alpha value is -1.47. The van der Waals surface area contributed by atoms with Gasteiger partial charge in [-0.15, -0.1) is 5.10 Å². The molecule has 116 valence electrons. The summed E-state index contributed by atoms with van der Waals surface area (Å²) in [5.74, 6) is 0.211. The van der Waals surface area contributed by atoms with Crippen LogP contribution < -0.4 is 0 Å². The number of carbonyl (C=O) groups excluding carboxylic acids is 1. The van der Waals surface area contributed by atoms with Crippen LogP contribution >= 0.6 is 0 Å². The third kappa shape index (κ3) is 2.44. The number of ether oxygens (including phenoxy) is 1. The molecule has 0 bridgehead atoms. The van der Waals surface area contributed by atoms with Gasteiger partial charge in [-0.2, -0.15) is 0 Å². The lowest BCUT2D eigenvalue weighted by Crippen LogP contribution is -2.58. The zero-order valence-corrected chi connectivity index (χ0v) is 12.5. The summed E-state index contributed by atoms with van der Waals surface area (Å²) in [7, 11) is 1.65. The maximum atomic E-state index is 12.6. The summed E-state index contributed by atoms with van der Waals surface area (Å²) in [4.78, 5) is 14.5. The molecule has 1 aromatic heterocycles. The zero-order valence-electron chi connectivity index (χ0n) is 12.5. The fourth-order valence-corrected chi connectivity index (χ4v) is 3.08. The molecule has 2 heterocycles. The SMILES string of the molecule is COCC1(C(=O)N2CC(n3cc(C(C)O)nn3)C2)CCC1. The number of rotatable bonds is 5. The number of hydrogen-bond donors (Lipinski definition) is 1. The van der Waals surface area contributed by atoms with Gasteiger partial charge in [0.15, 0.2) is 0 Å². The molecule has 1 saturated carbocycles. The van der Waals surface area contributed by atoms with Crippen molar-refractivity contribution in [1.29, 1.82) is 0 Å². The predicted molar refractivity (Wildman–Crippen MR) is 74.4 cm³/mol. The molecule has 21 heavy (non-hydrogen) atoms. The van der Waals surface area contributed by atoms with E-state index >= 15 is 0 Å². The molecule has 7 nitrogen and oxygen atoms in total. The molecule has 0 aromatic carbocycles. The van der Waals surface area contributed by atoms with Gasteiger partial charge in [0.25, 0.3) is 0 Å². The lowest BCUT2D eigenvalue weighted by atomic mass is 9.68. The maximum absolute atomic E-state index is 12.6. The molecule has 1 saturated heterocycles. The fraction of sp³-hybridized carbons (Fsp3) is 0.786. The minimum absolute atomic E-state index is 0.161. The number of carbonyl (C=O) groups is 1. The fourth-order valence-electron chi connectivity index (χ4n) is 3.08. The molecule has 2 aliphatic rings. The maximum Gasteiger partial charge on any atom is 0.231 e. The van der Waals surface area contributed by atoms with E-state index in [1.807, 2.05) is 4.90 Å². The Bertz CT molecular complexity index is 518. The molecule has 1 aliphatic heterocycles. The van der Waals surface area contributed by atoms with Gasteiger partial charge in [0.05, 0.1) is 30.4 Å². The number of methoxy groups -OCH3 is 1. The van der Waals surface area contributed by atoms with Crippen LogP contribution in [0.15, 0.2) is 6.20 Å². The number of amides is 1. The summed E-state index contributed by atoms with van der Waals surface area (Å²) in [6.07, 6.45) is 4.10. The van der Waals surface area contributed by atoms with E-state index in [1.165, 1.54) is 0 Å². The van der Waals surface area contributed by atoms with Gasteiger partial charge in [-0.1, -0.05) is 11.6 Å². The van der Waals surface area contributed by atoms with Gasteiger partial charge in [0, 0.05) is 20.2 Å². The highest BCUT2D eigenvalue weighted by atomic mass is 16.5. The number of hydrogen-bond acceptors (Lipinski definition) is 5. The molecule has 7 heteroatoms. The third-order valence-corrected chi connectivity index (χ3v) is 4.66. The first-order chi connectivity index (χ1) is 10.1. The first-order valence-corrected chi connectivity index (χ1v) is 7.44. The van der Waals surface area contributed by atoms with Gasteiger partial charge in [-0.3, -0.25) is 4.79 Å². The van der Waals surface area contributed by atoms with Gasteiger partial charge in [-0.05, 0) is 19.8 Å². The molecule has 1 unspecified atom stereocenters. The molecule has 1 atom stereocenters. The van der Waals surface area contributed by atoms with Crippen molar-refractivity contribution < 1.29 is 14.6 Å². The second kappa shape index (κ2) is 5.38. The van der Waals surface area contributed by atoms with Crippen molar-refractivity contribution in [3.63, 3.8) is 0 Å². The normalized spacial score (nSPS) is 22.5. The van der Waals surface area contributed by atoms with Crippen LogP contribution in [-0.2, 0) is 9.53 Å². The van der Waals surface area contributed by atoms with Gasteiger partial charge in [0.2, 0.25) is 5.91 Å². The van der Waals surface area contributed by atoms with Crippen molar-refractivity contribution >= 4 is 5.91 Å². The summed E-state index contributed by atoms with van der Waals surface area (Å²) in [5.41, 5.74) is 0.280. The van der Waals surface area contributed by atoms with Crippen molar-refractivity contribution in [3.8, 4) is 0 Å². The first kappa shape index (κ1) is 14.5. The van der Waals surface area contributed by atoms with Crippen molar-refractivity contribution in [2.45, 2.75) is 38.3 Å². The number of likely N-dealkylation sites (tertiary alicyclic amines) is 1. The highest BCUT2D eigenvalue weighted by Crippen LogP contribution is 2.44. The summed E-state index contributed by atoms with van der Waals surface area (Å²) >= 11 is 0. The second-order valence-corrected chi connectivity index (χ2v) is 6.23. The molecule has 1 aromatic rings. The van der Waals surface area contributed by atoms with Gasteiger partial charge in [0.1, 0.15) is 5.69 Å². The lowest BCUT2D eigenvalue weighted by molar-refractivity contribution is -0.158. The predicted octanol–water partition coefficient (Wildman–Crippen LogP) is 0.531. The highest BCUT2D eigenvalue weighted by Gasteiger charge is 2.49. The van der Waals surface area contributed by atoms with E-state index in [1.54, 1.807) is 24.9 Å². The van der Waals surface area contributed by atoms with Crippen LogP contribution in [0.1, 0.15) is 44.0 Å². The van der Waals surface area contributed by atoms with Crippen LogP contribution in [0.25, 0.3) is 0 Å². The minimum Gasteiger partial charge on any atom is -0.387 e. The van der Waals surface area contributed by atoms with E-state index in [0.29, 0.717) is 25.4 Å². The standard InChI is InChI=1S/C14H22N4O3/c1-10(19)12-8-18(16-15-12)11-6-17(7-11)13(20)14(9-21-2)4-3-5-14/h8,10-11,19H,3-7,9H2,1-2H3. The summed E-state index contributed by atoms with van der Waals surface area (Å²) in [6.45, 7) is 3.50. The van der Waals surface area contributed by atoms with E-state index in [9.17, 15) is 9.90 Å². The Balaban J connectivity index is 1.58. The summed E-state index contributed by atoms with van der Waals surface area (Å²) in [6, 6.07) is 0.161. The Morgan fingerprint density at radius 2 is 2.29 bits per heavy atom. The highest BCUT2D eigenvalue weighted by molar-refractivity contribution is 5.84. The van der Waals surface area contributed by atoms with Crippen LogP contribution in [0.3, 0.4) is 0 Å². The van der Waals surface area contributed by atoms with Crippen molar-refractivity contribution in [1.82, 2.24) is 19.9 Å². The Morgan fingerprint density at radius 1 is 1.57 bits per heavy atom. The van der Waals surface area contributed by atoms with Crippen LogP contribution in [0.5, 0.6) is 0 Å². The van der Waals surface area contributed by atoms with Gasteiger partial charge >= 0.3 is 0 Å². The van der Waals surface area contributed by atoms with Crippen molar-refractivity contribution in [2.24, 2.45) is 5.41 Å². The molecule has 2 fully saturated rings. The summed E-state index contributed by atoms with van der Waals surface area (Å²) in [5, 5.41) is 17.4. The Morgan fingerprint density at radius 3 is 2.76 bits per heavy atom. The Kier molecular flexibility index (Phi) is 3.71. The zero-order chi connectivity index (χ0) is 15.0. The first-order valence-electron chi connectivity index (χ1n) is 7.44. The van der Waals surface area contributed by atoms with E-state index in [4.69, 9.17) is 4.74 Å². The second-order valence-electron chi connectivity index (χ2n) is 6.23. The van der Waals surface area contributed by atoms with Crippen LogP contribution in [-0.4, -0.2) is 57.7 Å². The van der Waals surface area contributed by atoms with E-state index in [-0.39, 0.29) is 17.4 Å². The van der Waals surface area contributed by atoms with Crippen LogP contribution in [0.4, 0.5) is 0 Å². The number of nitrogens with zero attached hydrogens (tertiary/aromatic N) is 4. The van der Waals surface area contributed by atoms with E-state index in [2.05, 4.69) is 10.3 Å². The van der Waals surface area contributed by atoms with Gasteiger partial charge < -0.3 is 14.7 Å². The molecular formula is C14H22N4O3. The van der Waals surface area contributed by atoms with E-state index in [0.717, 1.165) is 19.3 Å². The molecule has 3 rings (SSSR count). The third-order valence-electron chi connectivity index (χ3n) is 4.66. The molecule has 1 amide bonds. The molecular weight excluding hydrogens is 272 g/mol. The number of aliphatic hydroxyl groups is 1. The average Bonchev–Trinajstić information content (AvgIpc) is 2.81. The quantitative estimate of drug-likeness (QED) is 0.857. The number of aromatic nitrogens is 3. The van der Waals surface area contributed by atoms with Crippen LogP contribution in [0.2, 0.25) is 0 Å². The van der Waals surface area contributed by atoms with E-state index < -0.39 is 6.10 Å².